The van der Waals surface area contributed by atoms with Gasteiger partial charge in [-0.25, -0.2) is 0 Å². The van der Waals surface area contributed by atoms with Gasteiger partial charge < -0.3 is 15.2 Å². The molecule has 5 heteroatoms. The Morgan fingerprint density at radius 3 is 2.64 bits per heavy atom. The molecule has 0 heterocycles. The molecule has 0 saturated heterocycles. The van der Waals surface area contributed by atoms with E-state index in [0.29, 0.717) is 11.6 Å². The number of esters is 1. The molecule has 25 heavy (non-hydrogen) atoms. The Morgan fingerprint density at radius 2 is 2.00 bits per heavy atom. The highest BCUT2D eigenvalue weighted by atomic mass is 35.5. The van der Waals surface area contributed by atoms with Gasteiger partial charge >= 0.3 is 5.97 Å². The van der Waals surface area contributed by atoms with Crippen molar-refractivity contribution in [1.82, 2.24) is 0 Å². The predicted octanol–water partition coefficient (Wildman–Crippen LogP) is 4.15. The van der Waals surface area contributed by atoms with Gasteiger partial charge in [0.1, 0.15) is 5.75 Å². The first-order valence-electron chi connectivity index (χ1n) is 8.35. The molecule has 0 aromatic heterocycles. The summed E-state index contributed by atoms with van der Waals surface area (Å²) in [4.78, 5) is 11.7. The van der Waals surface area contributed by atoms with Crippen molar-refractivity contribution in [2.45, 2.75) is 31.2 Å². The molecule has 3 rings (SSSR count). The summed E-state index contributed by atoms with van der Waals surface area (Å²) < 4.78 is 10.4. The van der Waals surface area contributed by atoms with Crippen LogP contribution in [0.1, 0.15) is 31.2 Å². The van der Waals surface area contributed by atoms with Gasteiger partial charge in [0.2, 0.25) is 0 Å². The minimum atomic E-state index is -0.485. The average Bonchev–Trinajstić information content (AvgIpc) is 3.26. The zero-order valence-electron chi connectivity index (χ0n) is 14.4. The van der Waals surface area contributed by atoms with E-state index in [0.717, 1.165) is 28.9 Å². The maximum Gasteiger partial charge on any atom is 0.307 e. The third kappa shape index (κ3) is 3.80. The number of carbonyl (C=O) groups excluding carboxylic acids is 1. The summed E-state index contributed by atoms with van der Waals surface area (Å²) in [6, 6.07) is 13.7. The van der Waals surface area contributed by atoms with Gasteiger partial charge in [-0.05, 0) is 42.7 Å². The zero-order chi connectivity index (χ0) is 18.0. The van der Waals surface area contributed by atoms with Crippen LogP contribution in [0.5, 0.6) is 5.75 Å². The first-order chi connectivity index (χ1) is 12.0. The van der Waals surface area contributed by atoms with Gasteiger partial charge in [-0.2, -0.15) is 0 Å². The SMILES string of the molecule is CCOC(=O)CC1(N)C[C@H]1c1ccc(-c2cc(Cl)ccc2OC)cc1. The Morgan fingerprint density at radius 1 is 1.28 bits per heavy atom. The second-order valence-corrected chi connectivity index (χ2v) is 6.87. The fourth-order valence-corrected chi connectivity index (χ4v) is 3.42. The van der Waals surface area contributed by atoms with E-state index in [2.05, 4.69) is 12.1 Å². The summed E-state index contributed by atoms with van der Waals surface area (Å²) in [6.07, 6.45) is 1.06. The monoisotopic (exact) mass is 359 g/mol. The predicted molar refractivity (Wildman–Crippen MR) is 99.0 cm³/mol. The second-order valence-electron chi connectivity index (χ2n) is 6.44. The van der Waals surface area contributed by atoms with Crippen LogP contribution in [-0.2, 0) is 9.53 Å². The zero-order valence-corrected chi connectivity index (χ0v) is 15.2. The summed E-state index contributed by atoms with van der Waals surface area (Å²) in [7, 11) is 1.64. The van der Waals surface area contributed by atoms with Crippen molar-refractivity contribution in [2.75, 3.05) is 13.7 Å². The van der Waals surface area contributed by atoms with E-state index >= 15 is 0 Å². The molecule has 132 valence electrons. The highest BCUT2D eigenvalue weighted by Gasteiger charge is 2.53. The van der Waals surface area contributed by atoms with Gasteiger partial charge in [0.05, 0.1) is 20.1 Å². The Bertz CT molecular complexity index is 775. The van der Waals surface area contributed by atoms with Crippen LogP contribution in [0.25, 0.3) is 11.1 Å². The van der Waals surface area contributed by atoms with Crippen LogP contribution in [-0.4, -0.2) is 25.2 Å². The van der Waals surface area contributed by atoms with Crippen LogP contribution in [0, 0.1) is 0 Å². The molecule has 1 aliphatic rings. The number of hydrogen-bond acceptors (Lipinski definition) is 4. The molecule has 0 bridgehead atoms. The van der Waals surface area contributed by atoms with Crippen molar-refractivity contribution in [1.29, 1.82) is 0 Å². The summed E-state index contributed by atoms with van der Waals surface area (Å²) >= 11 is 6.11. The van der Waals surface area contributed by atoms with Gasteiger partial charge in [-0.15, -0.1) is 0 Å². The van der Waals surface area contributed by atoms with Crippen LogP contribution in [0.3, 0.4) is 0 Å². The number of nitrogens with two attached hydrogens (primary N) is 1. The Balaban J connectivity index is 1.76. The molecule has 0 aliphatic heterocycles. The Hall–Kier alpha value is -2.04. The molecule has 1 fully saturated rings. The number of ether oxygens (including phenoxy) is 2. The topological polar surface area (TPSA) is 61.5 Å². The first-order valence-corrected chi connectivity index (χ1v) is 8.73. The van der Waals surface area contributed by atoms with Crippen LogP contribution in [0.4, 0.5) is 0 Å². The summed E-state index contributed by atoms with van der Waals surface area (Å²) in [5, 5.41) is 0.664. The molecule has 1 saturated carbocycles. The molecule has 4 nitrogen and oxygen atoms in total. The molecule has 1 aliphatic carbocycles. The molecule has 2 aromatic rings. The molecule has 1 unspecified atom stereocenters. The van der Waals surface area contributed by atoms with Crippen molar-refractivity contribution in [2.24, 2.45) is 5.73 Å². The third-order valence-electron chi connectivity index (χ3n) is 4.68. The third-order valence-corrected chi connectivity index (χ3v) is 4.92. The summed E-state index contributed by atoms with van der Waals surface area (Å²) in [5.41, 5.74) is 8.95. The smallest absolute Gasteiger partial charge is 0.307 e. The average molecular weight is 360 g/mol. The lowest BCUT2D eigenvalue weighted by molar-refractivity contribution is -0.143. The molecule has 2 aromatic carbocycles. The molecule has 2 N–H and O–H groups in total. The molecule has 0 amide bonds. The van der Waals surface area contributed by atoms with E-state index < -0.39 is 5.54 Å². The largest absolute Gasteiger partial charge is 0.496 e. The lowest BCUT2D eigenvalue weighted by Gasteiger charge is -2.12. The number of carbonyl (C=O) groups is 1. The van der Waals surface area contributed by atoms with E-state index in [-0.39, 0.29) is 18.3 Å². The van der Waals surface area contributed by atoms with E-state index in [1.165, 1.54) is 0 Å². The minimum absolute atomic E-state index is 0.187. The number of halogens is 1. The Labute approximate surface area is 152 Å². The van der Waals surface area contributed by atoms with Gasteiger partial charge in [0.15, 0.2) is 0 Å². The van der Waals surface area contributed by atoms with Crippen LogP contribution in [0.15, 0.2) is 42.5 Å². The van der Waals surface area contributed by atoms with Crippen LogP contribution < -0.4 is 10.5 Å². The normalized spacial score (nSPS) is 21.7. The standard InChI is InChI=1S/C20H22ClNO3/c1-3-25-19(23)12-20(22)11-17(20)14-6-4-13(5-7-14)16-10-15(21)8-9-18(16)24-2/h4-10,17H,3,11-12,22H2,1-2H3/t17-,20?/m0/s1. The number of methoxy groups -OCH3 is 1. The summed E-state index contributed by atoms with van der Waals surface area (Å²) in [5.74, 6) is 0.735. The van der Waals surface area contributed by atoms with Gasteiger partial charge in [-0.1, -0.05) is 35.9 Å². The van der Waals surface area contributed by atoms with Crippen LogP contribution in [0.2, 0.25) is 5.02 Å². The highest BCUT2D eigenvalue weighted by Crippen LogP contribution is 2.52. The molecule has 0 spiro atoms. The van der Waals surface area contributed by atoms with E-state index in [1.54, 1.807) is 20.1 Å². The number of rotatable bonds is 6. The van der Waals surface area contributed by atoms with Gasteiger partial charge in [-0.3, -0.25) is 4.79 Å². The highest BCUT2D eigenvalue weighted by molar-refractivity contribution is 6.31. The lowest BCUT2D eigenvalue weighted by atomic mass is 9.99. The van der Waals surface area contributed by atoms with E-state index in [1.807, 2.05) is 24.3 Å². The van der Waals surface area contributed by atoms with Gasteiger partial charge in [0, 0.05) is 22.0 Å². The maximum absolute atomic E-state index is 11.7. The van der Waals surface area contributed by atoms with Crippen molar-refractivity contribution in [3.8, 4) is 16.9 Å². The van der Waals surface area contributed by atoms with Crippen LogP contribution >= 0.6 is 11.6 Å². The number of hydrogen-bond donors (Lipinski definition) is 1. The first kappa shape index (κ1) is 17.8. The summed E-state index contributed by atoms with van der Waals surface area (Å²) in [6.45, 7) is 2.18. The van der Waals surface area contributed by atoms with Crippen molar-refractivity contribution in [3.05, 3.63) is 53.1 Å². The Kier molecular flexibility index (Phi) is 5.02. The van der Waals surface area contributed by atoms with Crippen molar-refractivity contribution < 1.29 is 14.3 Å². The quantitative estimate of drug-likeness (QED) is 0.787. The molecule has 2 atom stereocenters. The van der Waals surface area contributed by atoms with E-state index in [4.69, 9.17) is 26.8 Å². The fourth-order valence-electron chi connectivity index (χ4n) is 3.25. The molecular formula is C20H22ClNO3. The maximum atomic E-state index is 11.7. The number of benzene rings is 2. The van der Waals surface area contributed by atoms with Gasteiger partial charge in [0.25, 0.3) is 0 Å². The fraction of sp³-hybridized carbons (Fsp3) is 0.350. The second kappa shape index (κ2) is 7.06. The van der Waals surface area contributed by atoms with Crippen molar-refractivity contribution in [3.63, 3.8) is 0 Å². The molecule has 0 radical (unpaired) electrons. The molecular weight excluding hydrogens is 338 g/mol. The van der Waals surface area contributed by atoms with Crippen molar-refractivity contribution >= 4 is 17.6 Å². The lowest BCUT2D eigenvalue weighted by Crippen LogP contribution is -2.29. The minimum Gasteiger partial charge on any atom is -0.496 e. The van der Waals surface area contributed by atoms with E-state index in [9.17, 15) is 4.79 Å².